The van der Waals surface area contributed by atoms with E-state index in [2.05, 4.69) is 0 Å². The molecule has 0 saturated carbocycles. The van der Waals surface area contributed by atoms with Crippen LogP contribution < -0.4 is 5.73 Å². The Bertz CT molecular complexity index is 574. The van der Waals surface area contributed by atoms with Crippen molar-refractivity contribution < 1.29 is 4.39 Å². The number of aryl methyl sites for hydroxylation is 2. The molecule has 1 nitrogen and oxygen atoms in total. The highest BCUT2D eigenvalue weighted by Gasteiger charge is 2.07. The Kier molecular flexibility index (Phi) is 5.36. The minimum Gasteiger partial charge on any atom is -0.326 e. The molecular formula is C15H16Cl2FN. The molecule has 0 heterocycles. The van der Waals surface area contributed by atoms with Gasteiger partial charge in [0.25, 0.3) is 0 Å². The maximum absolute atomic E-state index is 13.5. The summed E-state index contributed by atoms with van der Waals surface area (Å²) in [5.74, 6) is -0.396. The second-order valence-electron chi connectivity index (χ2n) is 4.42. The summed E-state index contributed by atoms with van der Waals surface area (Å²) in [6.45, 7) is 4.56. The molecule has 0 aliphatic heterocycles. The fraction of sp³-hybridized carbons (Fsp3) is 0.200. The first-order valence-corrected chi connectivity index (χ1v) is 6.16. The molecule has 2 aromatic carbocycles. The van der Waals surface area contributed by atoms with Crippen molar-refractivity contribution in [1.82, 2.24) is 0 Å². The van der Waals surface area contributed by atoms with E-state index in [1.165, 1.54) is 6.07 Å². The molecule has 0 unspecified atom stereocenters. The number of nitrogens with two attached hydrogens (primary N) is 1. The van der Waals surface area contributed by atoms with Crippen LogP contribution in [0.15, 0.2) is 30.3 Å². The van der Waals surface area contributed by atoms with E-state index < -0.39 is 5.82 Å². The Morgan fingerprint density at radius 2 is 1.63 bits per heavy atom. The largest absolute Gasteiger partial charge is 0.326 e. The molecule has 4 heteroatoms. The van der Waals surface area contributed by atoms with Crippen LogP contribution in [-0.4, -0.2) is 0 Å². The second-order valence-corrected chi connectivity index (χ2v) is 4.83. The van der Waals surface area contributed by atoms with Crippen molar-refractivity contribution in [3.05, 3.63) is 57.9 Å². The van der Waals surface area contributed by atoms with Crippen LogP contribution in [-0.2, 0) is 6.54 Å². The maximum atomic E-state index is 13.5. The van der Waals surface area contributed by atoms with Gasteiger partial charge in [-0.25, -0.2) is 4.39 Å². The number of hydrogen-bond donors (Lipinski definition) is 1. The maximum Gasteiger partial charge on any atom is 0.142 e. The Morgan fingerprint density at radius 3 is 2.11 bits per heavy atom. The molecule has 0 radical (unpaired) electrons. The average molecular weight is 300 g/mol. The monoisotopic (exact) mass is 299 g/mol. The summed E-state index contributed by atoms with van der Waals surface area (Å²) < 4.78 is 13.5. The lowest BCUT2D eigenvalue weighted by Gasteiger charge is -2.11. The van der Waals surface area contributed by atoms with Gasteiger partial charge in [0.05, 0.1) is 5.02 Å². The molecule has 2 rings (SSSR count). The second kappa shape index (κ2) is 6.38. The van der Waals surface area contributed by atoms with Gasteiger partial charge in [-0.1, -0.05) is 29.8 Å². The van der Waals surface area contributed by atoms with Crippen molar-refractivity contribution >= 4 is 24.0 Å². The zero-order valence-electron chi connectivity index (χ0n) is 10.8. The van der Waals surface area contributed by atoms with Crippen molar-refractivity contribution in [3.63, 3.8) is 0 Å². The average Bonchev–Trinajstić information content (AvgIpc) is 2.32. The molecule has 0 atom stereocenters. The molecule has 0 saturated heterocycles. The molecule has 0 aliphatic rings. The Labute approximate surface area is 124 Å². The van der Waals surface area contributed by atoms with E-state index in [4.69, 9.17) is 17.3 Å². The lowest BCUT2D eigenvalue weighted by Crippen LogP contribution is -2.02. The van der Waals surface area contributed by atoms with Crippen LogP contribution in [0.3, 0.4) is 0 Å². The van der Waals surface area contributed by atoms with Crippen molar-refractivity contribution in [2.24, 2.45) is 5.73 Å². The van der Waals surface area contributed by atoms with Crippen LogP contribution in [0.4, 0.5) is 4.39 Å². The third kappa shape index (κ3) is 3.27. The van der Waals surface area contributed by atoms with Gasteiger partial charge >= 0.3 is 0 Å². The lowest BCUT2D eigenvalue weighted by atomic mass is 9.95. The molecule has 102 valence electrons. The van der Waals surface area contributed by atoms with Gasteiger partial charge in [-0.05, 0) is 53.8 Å². The molecule has 2 N–H and O–H groups in total. The third-order valence-electron chi connectivity index (χ3n) is 3.15. The quantitative estimate of drug-likeness (QED) is 0.859. The van der Waals surface area contributed by atoms with E-state index in [9.17, 15) is 4.39 Å². The zero-order valence-corrected chi connectivity index (χ0v) is 12.4. The number of benzene rings is 2. The fourth-order valence-electron chi connectivity index (χ4n) is 2.16. The summed E-state index contributed by atoms with van der Waals surface area (Å²) in [5, 5.41) is 0.144. The van der Waals surface area contributed by atoms with Gasteiger partial charge in [-0.3, -0.25) is 0 Å². The number of halogens is 3. The van der Waals surface area contributed by atoms with Crippen LogP contribution in [0.5, 0.6) is 0 Å². The molecule has 0 bridgehead atoms. The van der Waals surface area contributed by atoms with Crippen LogP contribution in [0.25, 0.3) is 11.1 Å². The predicted molar refractivity (Wildman–Crippen MR) is 81.5 cm³/mol. The molecule has 0 aliphatic carbocycles. The predicted octanol–water partition coefficient (Wildman–Crippen LogP) is 4.64. The van der Waals surface area contributed by atoms with Gasteiger partial charge in [0, 0.05) is 6.54 Å². The van der Waals surface area contributed by atoms with E-state index in [1.807, 2.05) is 32.0 Å². The summed E-state index contributed by atoms with van der Waals surface area (Å²) in [4.78, 5) is 0. The van der Waals surface area contributed by atoms with Crippen molar-refractivity contribution in [1.29, 1.82) is 0 Å². The lowest BCUT2D eigenvalue weighted by molar-refractivity contribution is 0.629. The fourth-order valence-corrected chi connectivity index (χ4v) is 2.28. The summed E-state index contributed by atoms with van der Waals surface area (Å²) in [5.41, 5.74) is 10.9. The number of hydrogen-bond acceptors (Lipinski definition) is 1. The van der Waals surface area contributed by atoms with E-state index >= 15 is 0 Å². The SMILES string of the molecule is Cc1cc(-c2ccc(Cl)c(F)c2)cc(C)c1CN.Cl. The van der Waals surface area contributed by atoms with Crippen molar-refractivity contribution in [2.45, 2.75) is 20.4 Å². The van der Waals surface area contributed by atoms with Crippen LogP contribution in [0, 0.1) is 19.7 Å². The van der Waals surface area contributed by atoms with Gasteiger partial charge < -0.3 is 5.73 Å². The molecule has 0 spiro atoms. The molecule has 2 aromatic rings. The van der Waals surface area contributed by atoms with Gasteiger partial charge in [-0.15, -0.1) is 12.4 Å². The molecule has 19 heavy (non-hydrogen) atoms. The molecule has 0 fully saturated rings. The summed E-state index contributed by atoms with van der Waals surface area (Å²) in [7, 11) is 0. The molecule has 0 aromatic heterocycles. The highest BCUT2D eigenvalue weighted by atomic mass is 35.5. The van der Waals surface area contributed by atoms with E-state index in [1.54, 1.807) is 6.07 Å². The molecule has 0 amide bonds. The molecular weight excluding hydrogens is 284 g/mol. The first kappa shape index (κ1) is 16.0. The topological polar surface area (TPSA) is 26.0 Å². The van der Waals surface area contributed by atoms with E-state index in [-0.39, 0.29) is 17.4 Å². The van der Waals surface area contributed by atoms with Gasteiger partial charge in [-0.2, -0.15) is 0 Å². The van der Waals surface area contributed by atoms with Crippen LogP contribution in [0.2, 0.25) is 5.02 Å². The highest BCUT2D eigenvalue weighted by molar-refractivity contribution is 6.30. The Hall–Kier alpha value is -1.09. The standard InChI is InChI=1S/C15H15ClFN.ClH/c1-9-5-12(6-10(2)13(9)8-18)11-3-4-14(16)15(17)7-11;/h3-7H,8,18H2,1-2H3;1H. The summed E-state index contributed by atoms with van der Waals surface area (Å²) >= 11 is 5.69. The first-order valence-electron chi connectivity index (χ1n) is 5.78. The summed E-state index contributed by atoms with van der Waals surface area (Å²) in [6, 6.07) is 8.91. The van der Waals surface area contributed by atoms with Gasteiger partial charge in [0.15, 0.2) is 0 Å². The number of rotatable bonds is 2. The first-order chi connectivity index (χ1) is 8.52. The van der Waals surface area contributed by atoms with E-state index in [0.29, 0.717) is 6.54 Å². The van der Waals surface area contributed by atoms with Gasteiger partial charge in [0.2, 0.25) is 0 Å². The normalized spacial score (nSPS) is 10.2. The van der Waals surface area contributed by atoms with Crippen LogP contribution in [0.1, 0.15) is 16.7 Å². The van der Waals surface area contributed by atoms with Crippen molar-refractivity contribution in [2.75, 3.05) is 0 Å². The van der Waals surface area contributed by atoms with Crippen molar-refractivity contribution in [3.8, 4) is 11.1 Å². The van der Waals surface area contributed by atoms with Crippen LogP contribution >= 0.6 is 24.0 Å². The smallest absolute Gasteiger partial charge is 0.142 e. The Balaban J connectivity index is 0.00000180. The summed E-state index contributed by atoms with van der Waals surface area (Å²) in [6.07, 6.45) is 0. The minimum absolute atomic E-state index is 0. The minimum atomic E-state index is -0.396. The van der Waals surface area contributed by atoms with Gasteiger partial charge in [0.1, 0.15) is 5.82 Å². The third-order valence-corrected chi connectivity index (χ3v) is 3.46. The van der Waals surface area contributed by atoms with E-state index in [0.717, 1.165) is 27.8 Å². The highest BCUT2D eigenvalue weighted by Crippen LogP contribution is 2.27. The Morgan fingerprint density at radius 1 is 1.05 bits per heavy atom. The zero-order chi connectivity index (χ0) is 13.3.